The molecular weight excluding hydrogens is 740 g/mol. The molecule has 3 amide bonds. The summed E-state index contributed by atoms with van der Waals surface area (Å²) in [6, 6.07) is 18.0. The van der Waals surface area contributed by atoms with Crippen molar-refractivity contribution in [1.29, 1.82) is 0 Å². The number of aromatic hydroxyl groups is 2. The third-order valence-electron chi connectivity index (χ3n) is 10.1. The van der Waals surface area contributed by atoms with Crippen molar-refractivity contribution in [2.75, 3.05) is 36.8 Å². The standard InChI is InChI=1S/C23H27N3O5.C18H19N3O3.ClH/c1-23(2,3)31-22(29)26-10-6-7-14(12-26)16-11-18(15-8-4-5-9-19(15)27)24-20-17(16)13-30-21(28)25-20;22-16-6-2-1-5-12(16)15-8-13(11-4-3-7-19-9-11)14-10-24-18(23)21-17(14)20-15;/h4-5,8-9,11,14,27H,6-7,10,12-13H2,1-3H3,(H,24,25,28);1-2,5-6,8,11,19,22H,3-4,7,9-10H2,(H,20,21,23);1H. The number of hydrogen-bond donors (Lipinski definition) is 5. The Kier molecular flexibility index (Phi) is 12.2. The number of phenols is 2. The number of cyclic esters (lactones) is 2. The highest BCUT2D eigenvalue weighted by Gasteiger charge is 2.33. The summed E-state index contributed by atoms with van der Waals surface area (Å²) in [6.45, 7) is 8.97. The van der Waals surface area contributed by atoms with Gasteiger partial charge in [0.2, 0.25) is 0 Å². The predicted molar refractivity (Wildman–Crippen MR) is 212 cm³/mol. The van der Waals surface area contributed by atoms with Gasteiger partial charge in [-0.15, -0.1) is 12.4 Å². The minimum absolute atomic E-state index is 0. The van der Waals surface area contributed by atoms with Gasteiger partial charge < -0.3 is 34.6 Å². The number of benzene rings is 2. The molecule has 2 unspecified atom stereocenters. The van der Waals surface area contributed by atoms with Crippen molar-refractivity contribution in [1.82, 2.24) is 20.2 Å². The molecular formula is C41H47ClN6O8. The zero-order valence-corrected chi connectivity index (χ0v) is 32.4. The van der Waals surface area contributed by atoms with Gasteiger partial charge in [-0.05, 0) is 106 Å². The Balaban J connectivity index is 0.000000192. The second kappa shape index (κ2) is 17.0. The molecule has 0 aliphatic carbocycles. The molecule has 15 heteroatoms. The fraction of sp³-hybridized carbons (Fsp3) is 0.390. The van der Waals surface area contributed by atoms with Crippen molar-refractivity contribution in [3.05, 3.63) is 82.9 Å². The average Bonchev–Trinajstić information content (AvgIpc) is 3.17. The van der Waals surface area contributed by atoms with Gasteiger partial charge in [0.05, 0.1) is 11.4 Å². The molecule has 5 N–H and O–H groups in total. The van der Waals surface area contributed by atoms with Crippen molar-refractivity contribution in [3.8, 4) is 34.0 Å². The second-order valence-electron chi connectivity index (χ2n) is 15.1. The fourth-order valence-corrected chi connectivity index (χ4v) is 7.46. The number of nitrogens with zero attached hydrogens (tertiary/aromatic N) is 3. The van der Waals surface area contributed by atoms with Gasteiger partial charge in [0.1, 0.15) is 41.9 Å². The Bertz CT molecular complexity index is 2100. The van der Waals surface area contributed by atoms with Gasteiger partial charge >= 0.3 is 18.3 Å². The summed E-state index contributed by atoms with van der Waals surface area (Å²) >= 11 is 0. The van der Waals surface area contributed by atoms with Crippen molar-refractivity contribution in [2.45, 2.75) is 77.1 Å². The van der Waals surface area contributed by atoms with Crippen molar-refractivity contribution >= 4 is 42.3 Å². The number of carbonyl (C=O) groups excluding carboxylic acids is 3. The molecule has 2 saturated heterocycles. The molecule has 2 aromatic heterocycles. The van der Waals surface area contributed by atoms with E-state index in [1.54, 1.807) is 35.2 Å². The molecule has 0 spiro atoms. The Morgan fingerprint density at radius 1 is 0.804 bits per heavy atom. The van der Waals surface area contributed by atoms with E-state index in [-0.39, 0.29) is 49.1 Å². The normalized spacial score (nSPS) is 18.9. The number of piperidine rings is 2. The number of rotatable bonds is 4. The number of pyridine rings is 2. The van der Waals surface area contributed by atoms with E-state index in [4.69, 9.17) is 14.2 Å². The maximum atomic E-state index is 12.6. The number of amides is 3. The first-order valence-electron chi connectivity index (χ1n) is 18.6. The number of nitrogens with one attached hydrogen (secondary N) is 3. The summed E-state index contributed by atoms with van der Waals surface area (Å²) in [4.78, 5) is 46.9. The van der Waals surface area contributed by atoms with Gasteiger partial charge in [-0.3, -0.25) is 10.6 Å². The van der Waals surface area contributed by atoms with Gasteiger partial charge in [-0.25, -0.2) is 24.4 Å². The first kappa shape index (κ1) is 40.1. The molecule has 296 valence electrons. The van der Waals surface area contributed by atoms with Crippen LogP contribution in [0.4, 0.5) is 26.0 Å². The van der Waals surface area contributed by atoms with E-state index < -0.39 is 17.8 Å². The van der Waals surface area contributed by atoms with Gasteiger partial charge in [0.15, 0.2) is 0 Å². The lowest BCUT2D eigenvalue weighted by Crippen LogP contribution is -2.42. The van der Waals surface area contributed by atoms with Gasteiger partial charge in [-0.2, -0.15) is 0 Å². The highest BCUT2D eigenvalue weighted by molar-refractivity contribution is 5.88. The van der Waals surface area contributed by atoms with Crippen LogP contribution in [0.5, 0.6) is 11.5 Å². The van der Waals surface area contributed by atoms with Crippen LogP contribution in [-0.2, 0) is 27.4 Å². The summed E-state index contributed by atoms with van der Waals surface area (Å²) in [5, 5.41) is 29.3. The van der Waals surface area contributed by atoms with Crippen molar-refractivity contribution < 1.29 is 38.8 Å². The van der Waals surface area contributed by atoms with Gasteiger partial charge in [0, 0.05) is 47.8 Å². The summed E-state index contributed by atoms with van der Waals surface area (Å²) in [6.07, 6.45) is 2.53. The summed E-state index contributed by atoms with van der Waals surface area (Å²) in [5.74, 6) is 1.63. The SMILES string of the molecule is CC(C)(C)OC(=O)N1CCCC(c2cc(-c3ccccc3O)nc3c2COC(=O)N3)C1.Cl.O=C1Nc2nc(-c3ccccc3O)cc(C3CCCNC3)c2CO1. The zero-order chi connectivity index (χ0) is 38.7. The number of halogens is 1. The number of phenolic OH excluding ortho intramolecular Hbond substituents is 2. The molecule has 0 radical (unpaired) electrons. The number of anilines is 2. The lowest BCUT2D eigenvalue weighted by atomic mass is 9.87. The van der Waals surface area contributed by atoms with Crippen LogP contribution in [0, 0.1) is 0 Å². The van der Waals surface area contributed by atoms with Crippen LogP contribution in [0.25, 0.3) is 22.5 Å². The molecule has 4 aromatic rings. The molecule has 2 aromatic carbocycles. The lowest BCUT2D eigenvalue weighted by molar-refractivity contribution is 0.0197. The summed E-state index contributed by atoms with van der Waals surface area (Å²) in [5.41, 5.74) is 5.71. The van der Waals surface area contributed by atoms with Crippen LogP contribution >= 0.6 is 12.4 Å². The van der Waals surface area contributed by atoms with E-state index >= 15 is 0 Å². The third kappa shape index (κ3) is 9.09. The molecule has 2 fully saturated rings. The summed E-state index contributed by atoms with van der Waals surface area (Å²) < 4.78 is 15.9. The molecule has 8 rings (SSSR count). The number of para-hydroxylation sites is 2. The predicted octanol–water partition coefficient (Wildman–Crippen LogP) is 8.04. The lowest BCUT2D eigenvalue weighted by Gasteiger charge is -2.35. The minimum Gasteiger partial charge on any atom is -0.507 e. The molecule has 2 atom stereocenters. The minimum atomic E-state index is -0.560. The topological polar surface area (TPSA) is 184 Å². The molecule has 0 saturated carbocycles. The van der Waals surface area contributed by atoms with E-state index in [0.717, 1.165) is 61.0 Å². The first-order chi connectivity index (χ1) is 26.4. The first-order valence-corrected chi connectivity index (χ1v) is 18.6. The van der Waals surface area contributed by atoms with E-state index in [1.807, 2.05) is 51.1 Å². The summed E-state index contributed by atoms with van der Waals surface area (Å²) in [7, 11) is 0. The number of hydrogen-bond acceptors (Lipinski definition) is 11. The quantitative estimate of drug-likeness (QED) is 0.126. The highest BCUT2D eigenvalue weighted by atomic mass is 35.5. The number of likely N-dealkylation sites (tertiary alicyclic amines) is 1. The molecule has 0 bridgehead atoms. The molecule has 4 aliphatic heterocycles. The molecule has 4 aliphatic rings. The van der Waals surface area contributed by atoms with Crippen LogP contribution in [0.1, 0.15) is 80.5 Å². The zero-order valence-electron chi connectivity index (χ0n) is 31.6. The van der Waals surface area contributed by atoms with Gasteiger partial charge in [0.25, 0.3) is 0 Å². The Hall–Kier alpha value is -5.60. The van der Waals surface area contributed by atoms with Crippen molar-refractivity contribution in [3.63, 3.8) is 0 Å². The van der Waals surface area contributed by atoms with E-state index in [0.29, 0.717) is 53.2 Å². The number of ether oxygens (including phenoxy) is 3. The number of fused-ring (bicyclic) bond motifs is 2. The van der Waals surface area contributed by atoms with Crippen LogP contribution in [-0.4, -0.2) is 75.1 Å². The number of carbonyl (C=O) groups is 3. The van der Waals surface area contributed by atoms with Crippen LogP contribution in [0.15, 0.2) is 60.7 Å². The van der Waals surface area contributed by atoms with Crippen LogP contribution < -0.4 is 16.0 Å². The Morgan fingerprint density at radius 2 is 1.32 bits per heavy atom. The Morgan fingerprint density at radius 3 is 1.82 bits per heavy atom. The molecule has 14 nitrogen and oxygen atoms in total. The molecule has 6 heterocycles. The van der Waals surface area contributed by atoms with E-state index in [9.17, 15) is 24.6 Å². The van der Waals surface area contributed by atoms with Crippen LogP contribution in [0.3, 0.4) is 0 Å². The highest BCUT2D eigenvalue weighted by Crippen LogP contribution is 2.40. The smallest absolute Gasteiger partial charge is 0.413 e. The second-order valence-corrected chi connectivity index (χ2v) is 15.1. The maximum absolute atomic E-state index is 12.6. The molecule has 56 heavy (non-hydrogen) atoms. The third-order valence-corrected chi connectivity index (χ3v) is 10.1. The van der Waals surface area contributed by atoms with E-state index in [1.165, 1.54) is 0 Å². The largest absolute Gasteiger partial charge is 0.507 e. The average molecular weight is 787 g/mol. The van der Waals surface area contributed by atoms with E-state index in [2.05, 4.69) is 25.9 Å². The maximum Gasteiger partial charge on any atom is 0.413 e. The number of aromatic nitrogens is 2. The Labute approximate surface area is 331 Å². The van der Waals surface area contributed by atoms with Crippen molar-refractivity contribution in [2.24, 2.45) is 0 Å². The monoisotopic (exact) mass is 786 g/mol. The fourth-order valence-electron chi connectivity index (χ4n) is 7.46. The van der Waals surface area contributed by atoms with Gasteiger partial charge in [-0.1, -0.05) is 24.3 Å². The van der Waals surface area contributed by atoms with Crippen LogP contribution in [0.2, 0.25) is 0 Å².